The van der Waals surface area contributed by atoms with E-state index in [0.29, 0.717) is 42.2 Å². The number of carbonyl (C=O) groups excluding carboxylic acids is 1. The van der Waals surface area contributed by atoms with Crippen molar-refractivity contribution >= 4 is 27.5 Å². The van der Waals surface area contributed by atoms with Crippen molar-refractivity contribution in [2.45, 2.75) is 57.8 Å². The SMILES string of the molecule is CCCCN(C(=O)CSc1nnc(-c2ccco2)n1CC(C)C)C1CCS(=O)(=O)C1. The Hall–Kier alpha value is -1.81. The highest BCUT2D eigenvalue weighted by molar-refractivity contribution is 7.99. The topological polar surface area (TPSA) is 98.3 Å². The van der Waals surface area contributed by atoms with Crippen LogP contribution in [0.3, 0.4) is 0 Å². The molecule has 0 bridgehead atoms. The molecule has 1 saturated heterocycles. The second-order valence-electron chi connectivity index (χ2n) is 8.07. The Labute approximate surface area is 182 Å². The third kappa shape index (κ3) is 5.66. The maximum atomic E-state index is 13.0. The molecule has 3 rings (SSSR count). The van der Waals surface area contributed by atoms with Crippen molar-refractivity contribution in [2.24, 2.45) is 5.92 Å². The molecule has 166 valence electrons. The first-order valence-corrected chi connectivity index (χ1v) is 13.2. The Balaban J connectivity index is 1.73. The summed E-state index contributed by atoms with van der Waals surface area (Å²) in [6, 6.07) is 3.43. The Morgan fingerprint density at radius 3 is 2.80 bits per heavy atom. The van der Waals surface area contributed by atoms with Gasteiger partial charge in [0.2, 0.25) is 5.91 Å². The normalized spacial score (nSPS) is 18.2. The van der Waals surface area contributed by atoms with Gasteiger partial charge in [0.05, 0.1) is 23.5 Å². The second-order valence-corrected chi connectivity index (χ2v) is 11.2. The fraction of sp³-hybridized carbons (Fsp3) is 0.650. The number of amides is 1. The van der Waals surface area contributed by atoms with Gasteiger partial charge in [-0.1, -0.05) is 39.0 Å². The molecule has 0 aromatic carbocycles. The van der Waals surface area contributed by atoms with E-state index in [1.165, 1.54) is 11.8 Å². The van der Waals surface area contributed by atoms with Crippen LogP contribution in [-0.2, 0) is 21.2 Å². The van der Waals surface area contributed by atoms with Crippen LogP contribution >= 0.6 is 11.8 Å². The summed E-state index contributed by atoms with van der Waals surface area (Å²) in [6.07, 6.45) is 3.93. The number of nitrogens with zero attached hydrogens (tertiary/aromatic N) is 4. The van der Waals surface area contributed by atoms with Gasteiger partial charge in [-0.3, -0.25) is 9.36 Å². The molecule has 2 aromatic heterocycles. The number of sulfone groups is 1. The molecule has 1 atom stereocenters. The lowest BCUT2D eigenvalue weighted by Gasteiger charge is -2.28. The number of hydrogen-bond acceptors (Lipinski definition) is 7. The van der Waals surface area contributed by atoms with Crippen molar-refractivity contribution in [3.05, 3.63) is 18.4 Å². The molecule has 1 aliphatic heterocycles. The van der Waals surface area contributed by atoms with E-state index in [4.69, 9.17) is 4.42 Å². The van der Waals surface area contributed by atoms with E-state index in [0.717, 1.165) is 12.8 Å². The lowest BCUT2D eigenvalue weighted by Crippen LogP contribution is -2.42. The molecule has 8 nitrogen and oxygen atoms in total. The van der Waals surface area contributed by atoms with Crippen LogP contribution in [-0.4, -0.2) is 63.8 Å². The first-order valence-electron chi connectivity index (χ1n) is 10.4. The van der Waals surface area contributed by atoms with Crippen molar-refractivity contribution in [3.8, 4) is 11.6 Å². The Kier molecular flexibility index (Phi) is 7.62. The van der Waals surface area contributed by atoms with Gasteiger partial charge in [-0.15, -0.1) is 10.2 Å². The molecular weight excluding hydrogens is 424 g/mol. The predicted octanol–water partition coefficient (Wildman–Crippen LogP) is 3.10. The highest BCUT2D eigenvalue weighted by atomic mass is 32.2. The van der Waals surface area contributed by atoms with Crippen molar-refractivity contribution in [1.82, 2.24) is 19.7 Å². The average molecular weight is 455 g/mol. The van der Waals surface area contributed by atoms with E-state index in [9.17, 15) is 13.2 Å². The van der Waals surface area contributed by atoms with Gasteiger partial charge < -0.3 is 9.32 Å². The van der Waals surface area contributed by atoms with Crippen LogP contribution in [0.5, 0.6) is 0 Å². The zero-order valence-electron chi connectivity index (χ0n) is 17.8. The van der Waals surface area contributed by atoms with Gasteiger partial charge in [-0.25, -0.2) is 8.42 Å². The minimum atomic E-state index is -3.05. The molecule has 0 spiro atoms. The van der Waals surface area contributed by atoms with Gasteiger partial charge in [0, 0.05) is 19.1 Å². The number of unbranched alkanes of at least 4 members (excludes halogenated alkanes) is 1. The van der Waals surface area contributed by atoms with Crippen LogP contribution < -0.4 is 0 Å². The lowest BCUT2D eigenvalue weighted by atomic mass is 10.2. The zero-order chi connectivity index (χ0) is 21.7. The molecule has 1 amide bonds. The Morgan fingerprint density at radius 2 is 2.20 bits per heavy atom. The van der Waals surface area contributed by atoms with Crippen LogP contribution in [0.25, 0.3) is 11.6 Å². The van der Waals surface area contributed by atoms with E-state index >= 15 is 0 Å². The molecule has 2 aromatic rings. The van der Waals surface area contributed by atoms with Crippen LogP contribution in [0.15, 0.2) is 28.0 Å². The van der Waals surface area contributed by atoms with Crippen molar-refractivity contribution in [1.29, 1.82) is 0 Å². The molecule has 3 heterocycles. The van der Waals surface area contributed by atoms with Gasteiger partial charge >= 0.3 is 0 Å². The maximum Gasteiger partial charge on any atom is 0.233 e. The largest absolute Gasteiger partial charge is 0.461 e. The van der Waals surface area contributed by atoms with E-state index in [1.54, 1.807) is 17.2 Å². The van der Waals surface area contributed by atoms with Crippen molar-refractivity contribution in [3.63, 3.8) is 0 Å². The highest BCUT2D eigenvalue weighted by Crippen LogP contribution is 2.26. The third-order valence-corrected chi connectivity index (χ3v) is 7.75. The summed E-state index contributed by atoms with van der Waals surface area (Å²) < 4.78 is 31.3. The summed E-state index contributed by atoms with van der Waals surface area (Å²) in [5.41, 5.74) is 0. The van der Waals surface area contributed by atoms with E-state index in [2.05, 4.69) is 31.0 Å². The molecular formula is C20H30N4O4S2. The highest BCUT2D eigenvalue weighted by Gasteiger charge is 2.34. The van der Waals surface area contributed by atoms with Crippen molar-refractivity contribution in [2.75, 3.05) is 23.8 Å². The van der Waals surface area contributed by atoms with Gasteiger partial charge in [0.25, 0.3) is 0 Å². The van der Waals surface area contributed by atoms with Gasteiger partial charge in [0.15, 0.2) is 26.6 Å². The van der Waals surface area contributed by atoms with E-state index in [1.807, 2.05) is 10.6 Å². The zero-order valence-corrected chi connectivity index (χ0v) is 19.4. The minimum Gasteiger partial charge on any atom is -0.461 e. The van der Waals surface area contributed by atoms with Gasteiger partial charge in [-0.05, 0) is 30.9 Å². The van der Waals surface area contributed by atoms with Crippen LogP contribution in [0.1, 0.15) is 40.0 Å². The minimum absolute atomic E-state index is 0.0470. The number of rotatable bonds is 10. The molecule has 0 radical (unpaired) electrons. The van der Waals surface area contributed by atoms with Crippen molar-refractivity contribution < 1.29 is 17.6 Å². The first kappa shape index (κ1) is 22.9. The number of carbonyl (C=O) groups is 1. The summed E-state index contributed by atoms with van der Waals surface area (Å²) >= 11 is 1.34. The molecule has 0 aliphatic carbocycles. The summed E-state index contributed by atoms with van der Waals surface area (Å²) in [7, 11) is -3.05. The van der Waals surface area contributed by atoms with Gasteiger partial charge in [0.1, 0.15) is 0 Å². The number of furan rings is 1. The number of aromatic nitrogens is 3. The fourth-order valence-electron chi connectivity index (χ4n) is 3.58. The summed E-state index contributed by atoms with van der Waals surface area (Å²) in [6.45, 7) is 7.58. The molecule has 30 heavy (non-hydrogen) atoms. The Morgan fingerprint density at radius 1 is 1.40 bits per heavy atom. The van der Waals surface area contributed by atoms with Gasteiger partial charge in [-0.2, -0.15) is 0 Å². The predicted molar refractivity (Wildman–Crippen MR) is 117 cm³/mol. The van der Waals surface area contributed by atoms with Crippen LogP contribution in [0.2, 0.25) is 0 Å². The molecule has 10 heteroatoms. The molecule has 1 fully saturated rings. The number of hydrogen-bond donors (Lipinski definition) is 0. The summed E-state index contributed by atoms with van der Waals surface area (Å²) in [5, 5.41) is 9.23. The monoisotopic (exact) mass is 454 g/mol. The second kappa shape index (κ2) is 10.00. The maximum absolute atomic E-state index is 13.0. The van der Waals surface area contributed by atoms with E-state index < -0.39 is 9.84 Å². The smallest absolute Gasteiger partial charge is 0.233 e. The standard InChI is InChI=1S/C20H30N4O4S2/c1-4-5-9-23(16-8-11-30(26,27)14-16)18(25)13-29-20-22-21-19(17-7-6-10-28-17)24(20)12-15(2)3/h6-7,10,15-16H,4-5,8-9,11-14H2,1-3H3. The first-order chi connectivity index (χ1) is 14.3. The van der Waals surface area contributed by atoms with Crippen LogP contribution in [0, 0.1) is 5.92 Å². The quantitative estimate of drug-likeness (QED) is 0.509. The Bertz CT molecular complexity index is 938. The van der Waals surface area contributed by atoms with E-state index in [-0.39, 0.29) is 29.2 Å². The molecule has 0 saturated carbocycles. The average Bonchev–Trinajstić information content (AvgIpc) is 3.40. The number of thioether (sulfide) groups is 1. The lowest BCUT2D eigenvalue weighted by molar-refractivity contribution is -0.130. The fourth-order valence-corrected chi connectivity index (χ4v) is 6.15. The summed E-state index contributed by atoms with van der Waals surface area (Å²) in [5.74, 6) is 2.04. The third-order valence-electron chi connectivity index (χ3n) is 5.05. The molecule has 0 N–H and O–H groups in total. The molecule has 1 unspecified atom stereocenters. The molecule has 1 aliphatic rings. The summed E-state index contributed by atoms with van der Waals surface area (Å²) in [4.78, 5) is 14.8. The van der Waals surface area contributed by atoms with Crippen LogP contribution in [0.4, 0.5) is 0 Å².